The third-order valence-corrected chi connectivity index (χ3v) is 4.39. The van der Waals surface area contributed by atoms with Gasteiger partial charge in [0.15, 0.2) is 11.5 Å². The fraction of sp³-hybridized carbons (Fsp3) is 0.400. The zero-order valence-corrected chi connectivity index (χ0v) is 16.1. The standard InChI is InChI=1S/C20H26BrNO2/c1-3-4-8-11-22-14-17-12-18(21)20(19(13-17)23-2)24-15-16-9-6-5-7-10-16/h5-7,9-10,12-13,22H,3-4,8,11,14-15H2,1-2H3. The third-order valence-electron chi connectivity index (χ3n) is 3.80. The van der Waals surface area contributed by atoms with Gasteiger partial charge in [-0.2, -0.15) is 0 Å². The Labute approximate surface area is 153 Å². The lowest BCUT2D eigenvalue weighted by molar-refractivity contribution is 0.282. The molecule has 0 bridgehead atoms. The van der Waals surface area contributed by atoms with Gasteiger partial charge in [-0.25, -0.2) is 0 Å². The number of hydrogen-bond donors (Lipinski definition) is 1. The summed E-state index contributed by atoms with van der Waals surface area (Å²) in [5, 5.41) is 3.48. The number of unbranched alkanes of at least 4 members (excludes halogenated alkanes) is 2. The van der Waals surface area contributed by atoms with Crippen LogP contribution < -0.4 is 14.8 Å². The first-order valence-corrected chi connectivity index (χ1v) is 9.27. The van der Waals surface area contributed by atoms with E-state index in [4.69, 9.17) is 9.47 Å². The van der Waals surface area contributed by atoms with Crippen LogP contribution in [0.5, 0.6) is 11.5 Å². The molecule has 4 heteroatoms. The van der Waals surface area contributed by atoms with Crippen LogP contribution in [0.2, 0.25) is 0 Å². The maximum atomic E-state index is 5.97. The number of methoxy groups -OCH3 is 1. The average Bonchev–Trinajstić information content (AvgIpc) is 2.61. The van der Waals surface area contributed by atoms with E-state index in [1.165, 1.54) is 24.8 Å². The molecule has 0 unspecified atom stereocenters. The maximum absolute atomic E-state index is 5.97. The molecule has 2 rings (SSSR count). The van der Waals surface area contributed by atoms with Crippen LogP contribution >= 0.6 is 15.9 Å². The van der Waals surface area contributed by atoms with Crippen molar-refractivity contribution in [3.63, 3.8) is 0 Å². The molecule has 0 aliphatic rings. The SMILES string of the molecule is CCCCCNCc1cc(Br)c(OCc2ccccc2)c(OC)c1. The Morgan fingerprint density at radius 1 is 1.04 bits per heavy atom. The predicted octanol–water partition coefficient (Wildman–Crippen LogP) is 5.32. The first kappa shape index (κ1) is 18.8. The van der Waals surface area contributed by atoms with E-state index in [-0.39, 0.29) is 0 Å². The summed E-state index contributed by atoms with van der Waals surface area (Å²) in [5.41, 5.74) is 2.32. The molecule has 0 atom stereocenters. The van der Waals surface area contributed by atoms with Crippen molar-refractivity contribution in [2.75, 3.05) is 13.7 Å². The fourth-order valence-corrected chi connectivity index (χ4v) is 3.08. The van der Waals surface area contributed by atoms with Crippen LogP contribution in [0.4, 0.5) is 0 Å². The van der Waals surface area contributed by atoms with E-state index in [1.54, 1.807) is 7.11 Å². The van der Waals surface area contributed by atoms with Crippen molar-refractivity contribution < 1.29 is 9.47 Å². The Balaban J connectivity index is 1.98. The van der Waals surface area contributed by atoms with Gasteiger partial charge in [0, 0.05) is 6.54 Å². The molecular weight excluding hydrogens is 366 g/mol. The van der Waals surface area contributed by atoms with Crippen LogP contribution in [0.3, 0.4) is 0 Å². The van der Waals surface area contributed by atoms with Gasteiger partial charge in [0.05, 0.1) is 11.6 Å². The molecule has 0 saturated carbocycles. The molecule has 3 nitrogen and oxygen atoms in total. The number of benzene rings is 2. The lowest BCUT2D eigenvalue weighted by atomic mass is 10.2. The summed E-state index contributed by atoms with van der Waals surface area (Å²) in [5.74, 6) is 1.50. The molecule has 0 spiro atoms. The Morgan fingerprint density at radius 2 is 1.83 bits per heavy atom. The van der Waals surface area contributed by atoms with Gasteiger partial charge >= 0.3 is 0 Å². The van der Waals surface area contributed by atoms with Crippen LogP contribution in [0.15, 0.2) is 46.9 Å². The van der Waals surface area contributed by atoms with Crippen LogP contribution in [-0.4, -0.2) is 13.7 Å². The normalized spacial score (nSPS) is 10.6. The summed E-state index contributed by atoms with van der Waals surface area (Å²) >= 11 is 3.61. The quantitative estimate of drug-likeness (QED) is 0.556. The number of halogens is 1. The molecule has 0 radical (unpaired) electrons. The van der Waals surface area contributed by atoms with Gasteiger partial charge < -0.3 is 14.8 Å². The zero-order valence-electron chi connectivity index (χ0n) is 14.5. The van der Waals surface area contributed by atoms with Gasteiger partial charge in [-0.3, -0.25) is 0 Å². The van der Waals surface area contributed by atoms with E-state index < -0.39 is 0 Å². The van der Waals surface area contributed by atoms with Gasteiger partial charge in [-0.05, 0) is 52.2 Å². The summed E-state index contributed by atoms with van der Waals surface area (Å²) in [4.78, 5) is 0. The number of ether oxygens (including phenoxy) is 2. The summed E-state index contributed by atoms with van der Waals surface area (Å²) in [6.45, 7) is 4.61. The fourth-order valence-electron chi connectivity index (χ4n) is 2.48. The molecule has 1 N–H and O–H groups in total. The zero-order chi connectivity index (χ0) is 17.2. The second-order valence-electron chi connectivity index (χ2n) is 5.77. The van der Waals surface area contributed by atoms with Gasteiger partial charge in [0.25, 0.3) is 0 Å². The molecule has 0 aliphatic heterocycles. The Kier molecular flexibility index (Phi) is 8.13. The van der Waals surface area contributed by atoms with E-state index in [1.807, 2.05) is 24.3 Å². The Hall–Kier alpha value is -1.52. The lowest BCUT2D eigenvalue weighted by Gasteiger charge is -2.15. The van der Waals surface area contributed by atoms with Gasteiger partial charge in [0.1, 0.15) is 6.61 Å². The average molecular weight is 392 g/mol. The first-order valence-electron chi connectivity index (χ1n) is 8.48. The van der Waals surface area contributed by atoms with Crippen LogP contribution in [0, 0.1) is 0 Å². The summed E-state index contributed by atoms with van der Waals surface area (Å²) in [6, 6.07) is 14.3. The second-order valence-corrected chi connectivity index (χ2v) is 6.62. The monoisotopic (exact) mass is 391 g/mol. The molecule has 0 heterocycles. The minimum absolute atomic E-state index is 0.518. The molecule has 2 aromatic rings. The maximum Gasteiger partial charge on any atom is 0.175 e. The molecular formula is C20H26BrNO2. The molecule has 0 saturated heterocycles. The third kappa shape index (κ3) is 5.84. The predicted molar refractivity (Wildman–Crippen MR) is 103 cm³/mol. The second kappa shape index (κ2) is 10.4. The number of nitrogens with one attached hydrogen (secondary N) is 1. The van der Waals surface area contributed by atoms with Gasteiger partial charge in [-0.15, -0.1) is 0 Å². The van der Waals surface area contributed by atoms with E-state index in [2.05, 4.69) is 46.4 Å². The molecule has 0 amide bonds. The first-order chi connectivity index (χ1) is 11.7. The number of rotatable bonds is 10. The summed E-state index contributed by atoms with van der Waals surface area (Å²) in [7, 11) is 1.68. The van der Waals surface area contributed by atoms with E-state index in [0.717, 1.165) is 34.6 Å². The molecule has 0 fully saturated rings. The van der Waals surface area contributed by atoms with Crippen molar-refractivity contribution in [2.24, 2.45) is 0 Å². The van der Waals surface area contributed by atoms with E-state index >= 15 is 0 Å². The van der Waals surface area contributed by atoms with Crippen molar-refractivity contribution in [3.8, 4) is 11.5 Å². The molecule has 24 heavy (non-hydrogen) atoms. The molecule has 0 aliphatic carbocycles. The highest BCUT2D eigenvalue weighted by Gasteiger charge is 2.12. The van der Waals surface area contributed by atoms with Gasteiger partial charge in [0.2, 0.25) is 0 Å². The Morgan fingerprint density at radius 3 is 2.54 bits per heavy atom. The smallest absolute Gasteiger partial charge is 0.175 e. The molecule has 0 aromatic heterocycles. The Bertz CT molecular complexity index is 617. The largest absolute Gasteiger partial charge is 0.493 e. The lowest BCUT2D eigenvalue weighted by Crippen LogP contribution is -2.14. The van der Waals surface area contributed by atoms with Crippen LogP contribution in [-0.2, 0) is 13.2 Å². The highest BCUT2D eigenvalue weighted by Crippen LogP contribution is 2.37. The van der Waals surface area contributed by atoms with Crippen molar-refractivity contribution >= 4 is 15.9 Å². The van der Waals surface area contributed by atoms with Crippen molar-refractivity contribution in [3.05, 3.63) is 58.1 Å². The van der Waals surface area contributed by atoms with Crippen LogP contribution in [0.25, 0.3) is 0 Å². The number of hydrogen-bond acceptors (Lipinski definition) is 3. The van der Waals surface area contributed by atoms with E-state index in [9.17, 15) is 0 Å². The topological polar surface area (TPSA) is 30.5 Å². The van der Waals surface area contributed by atoms with Crippen molar-refractivity contribution in [1.82, 2.24) is 5.32 Å². The minimum atomic E-state index is 0.518. The molecule has 130 valence electrons. The summed E-state index contributed by atoms with van der Waals surface area (Å²) in [6.07, 6.45) is 3.73. The highest BCUT2D eigenvalue weighted by atomic mass is 79.9. The highest BCUT2D eigenvalue weighted by molar-refractivity contribution is 9.10. The molecule has 2 aromatic carbocycles. The minimum Gasteiger partial charge on any atom is -0.493 e. The van der Waals surface area contributed by atoms with Crippen LogP contribution in [0.1, 0.15) is 37.3 Å². The van der Waals surface area contributed by atoms with Crippen molar-refractivity contribution in [1.29, 1.82) is 0 Å². The van der Waals surface area contributed by atoms with Crippen molar-refractivity contribution in [2.45, 2.75) is 39.3 Å². The summed E-state index contributed by atoms with van der Waals surface area (Å²) < 4.78 is 12.4. The van der Waals surface area contributed by atoms with E-state index in [0.29, 0.717) is 6.61 Å². The van der Waals surface area contributed by atoms with Gasteiger partial charge in [-0.1, -0.05) is 50.1 Å².